The maximum atomic E-state index is 5.73. The van der Waals surface area contributed by atoms with Crippen molar-refractivity contribution < 1.29 is 24.7 Å². The molecule has 0 aromatic carbocycles. The van der Waals surface area contributed by atoms with Crippen molar-refractivity contribution in [1.29, 1.82) is 0 Å². The predicted octanol–water partition coefficient (Wildman–Crippen LogP) is 0.145. The molecule has 0 atom stereocenters. The summed E-state index contributed by atoms with van der Waals surface area (Å²) in [6, 6.07) is 0. The normalized spacial score (nSPS) is 12.5. The van der Waals surface area contributed by atoms with Gasteiger partial charge in [-0.15, -0.1) is 0 Å². The Morgan fingerprint density at radius 1 is 1.27 bits per heavy atom. The summed E-state index contributed by atoms with van der Waals surface area (Å²) in [5, 5.41) is 0.364. The number of hydrogen-bond donors (Lipinski definition) is 0. The molecule has 0 spiro atoms. The van der Waals surface area contributed by atoms with Gasteiger partial charge in [-0.25, -0.2) is 0 Å². The molecule has 0 bridgehead atoms. The third-order valence-electron chi connectivity index (χ3n) is 2.31. The van der Waals surface area contributed by atoms with Crippen molar-refractivity contribution in [2.24, 2.45) is 0 Å². The Morgan fingerprint density at radius 2 is 1.64 bits per heavy atom. The average molecular weight is 168 g/mol. The van der Waals surface area contributed by atoms with Gasteiger partial charge in [0.25, 0.3) is 0 Å². The van der Waals surface area contributed by atoms with Crippen molar-refractivity contribution in [2.45, 2.75) is 45.8 Å². The summed E-state index contributed by atoms with van der Waals surface area (Å²) in [6.45, 7) is 14.3. The van der Waals surface area contributed by atoms with E-state index in [1.165, 1.54) is 0 Å². The van der Waals surface area contributed by atoms with Crippen LogP contribution in [0.5, 0.6) is 0 Å². The standard InChI is InChI=1S/C8H20OSi.Li.H/c1-7-9-10(5,6)8(2,3)4;;/h7H2,1-6H3;;/q;+1;-1. The summed E-state index contributed by atoms with van der Waals surface area (Å²) in [7, 11) is -1.40. The van der Waals surface area contributed by atoms with Gasteiger partial charge in [-0.3, -0.25) is 0 Å². The molecule has 0 aliphatic heterocycles. The Balaban J connectivity index is -0.000000405. The zero-order chi connectivity index (χ0) is 8.41. The first-order chi connectivity index (χ1) is 4.31. The smallest absolute Gasteiger partial charge is 1.00 e. The van der Waals surface area contributed by atoms with E-state index < -0.39 is 8.32 Å². The van der Waals surface area contributed by atoms with E-state index in [1.807, 2.05) is 0 Å². The number of rotatable bonds is 2. The minimum absolute atomic E-state index is 0. The van der Waals surface area contributed by atoms with Crippen LogP contribution in [0.3, 0.4) is 0 Å². The van der Waals surface area contributed by atoms with E-state index in [0.29, 0.717) is 5.04 Å². The second-order valence-corrected chi connectivity index (χ2v) is 9.00. The van der Waals surface area contributed by atoms with Crippen LogP contribution in [0, 0.1) is 0 Å². The number of hydrogen-bond acceptors (Lipinski definition) is 1. The van der Waals surface area contributed by atoms with Gasteiger partial charge in [0, 0.05) is 6.61 Å². The summed E-state index contributed by atoms with van der Waals surface area (Å²) >= 11 is 0. The fourth-order valence-electron chi connectivity index (χ4n) is 0.577. The Labute approximate surface area is 85.7 Å². The molecule has 11 heavy (non-hydrogen) atoms. The maximum Gasteiger partial charge on any atom is 1.00 e. The van der Waals surface area contributed by atoms with Gasteiger partial charge >= 0.3 is 18.9 Å². The van der Waals surface area contributed by atoms with Crippen molar-refractivity contribution in [3.63, 3.8) is 0 Å². The Morgan fingerprint density at radius 3 is 1.73 bits per heavy atom. The minimum atomic E-state index is -1.40. The van der Waals surface area contributed by atoms with Crippen molar-refractivity contribution in [3.8, 4) is 0 Å². The Bertz CT molecular complexity index is 112. The summed E-state index contributed by atoms with van der Waals surface area (Å²) in [5.74, 6) is 0. The molecule has 0 radical (unpaired) electrons. The fraction of sp³-hybridized carbons (Fsp3) is 1.00. The molecule has 0 aromatic rings. The second-order valence-electron chi connectivity index (χ2n) is 4.19. The topological polar surface area (TPSA) is 9.23 Å². The van der Waals surface area contributed by atoms with E-state index in [2.05, 4.69) is 40.8 Å². The molecular formula is C8H21LiOSi. The molecule has 0 rings (SSSR count). The molecule has 0 fully saturated rings. The average Bonchev–Trinajstić information content (AvgIpc) is 1.61. The summed E-state index contributed by atoms with van der Waals surface area (Å²) < 4.78 is 5.73. The molecule has 0 aliphatic rings. The van der Waals surface area contributed by atoms with Gasteiger partial charge in [0.05, 0.1) is 0 Å². The van der Waals surface area contributed by atoms with E-state index in [4.69, 9.17) is 4.43 Å². The van der Waals surface area contributed by atoms with E-state index >= 15 is 0 Å². The van der Waals surface area contributed by atoms with Crippen LogP contribution in [0.25, 0.3) is 0 Å². The molecular weight excluding hydrogens is 147 g/mol. The van der Waals surface area contributed by atoms with Crippen LogP contribution in [0.4, 0.5) is 0 Å². The fourth-order valence-corrected chi connectivity index (χ4v) is 1.73. The van der Waals surface area contributed by atoms with E-state index in [1.54, 1.807) is 0 Å². The molecule has 64 valence electrons. The minimum Gasteiger partial charge on any atom is -1.00 e. The molecule has 3 heteroatoms. The zero-order valence-corrected chi connectivity index (χ0v) is 10.1. The van der Waals surface area contributed by atoms with Gasteiger partial charge in [-0.1, -0.05) is 20.8 Å². The van der Waals surface area contributed by atoms with Crippen LogP contribution >= 0.6 is 0 Å². The van der Waals surface area contributed by atoms with Crippen LogP contribution in [0.15, 0.2) is 0 Å². The van der Waals surface area contributed by atoms with Crippen molar-refractivity contribution in [3.05, 3.63) is 0 Å². The zero-order valence-electron chi connectivity index (χ0n) is 10.1. The van der Waals surface area contributed by atoms with Gasteiger partial charge in [0.1, 0.15) is 0 Å². The SMILES string of the molecule is CCO[Si](C)(C)C(C)(C)C.[H-].[Li+]. The first-order valence-electron chi connectivity index (χ1n) is 3.95. The van der Waals surface area contributed by atoms with Crippen molar-refractivity contribution in [2.75, 3.05) is 6.61 Å². The monoisotopic (exact) mass is 168 g/mol. The van der Waals surface area contributed by atoms with Crippen LogP contribution in [0.2, 0.25) is 18.1 Å². The summed E-state index contributed by atoms with van der Waals surface area (Å²) in [6.07, 6.45) is 0. The molecule has 1 nitrogen and oxygen atoms in total. The van der Waals surface area contributed by atoms with E-state index in [0.717, 1.165) is 6.61 Å². The van der Waals surface area contributed by atoms with Crippen LogP contribution < -0.4 is 18.9 Å². The molecule has 0 saturated carbocycles. The molecule has 0 unspecified atom stereocenters. The van der Waals surface area contributed by atoms with Gasteiger partial charge in [0.15, 0.2) is 8.32 Å². The van der Waals surface area contributed by atoms with Crippen LogP contribution in [-0.4, -0.2) is 14.9 Å². The predicted molar refractivity (Wildman–Crippen MR) is 49.9 cm³/mol. The van der Waals surface area contributed by atoms with Crippen LogP contribution in [-0.2, 0) is 4.43 Å². The maximum absolute atomic E-state index is 5.73. The van der Waals surface area contributed by atoms with Crippen LogP contribution in [0.1, 0.15) is 29.1 Å². The first kappa shape index (κ1) is 14.3. The molecule has 0 amide bonds. The molecule has 0 aliphatic carbocycles. The second kappa shape index (κ2) is 4.72. The van der Waals surface area contributed by atoms with Crippen molar-refractivity contribution >= 4 is 8.32 Å². The first-order valence-corrected chi connectivity index (χ1v) is 6.86. The molecule has 0 saturated heterocycles. The Hall–Kier alpha value is 0.774. The van der Waals surface area contributed by atoms with Crippen molar-refractivity contribution in [1.82, 2.24) is 0 Å². The third-order valence-corrected chi connectivity index (χ3v) is 6.93. The molecule has 0 aromatic heterocycles. The molecule has 0 heterocycles. The largest absolute Gasteiger partial charge is 1.00 e. The van der Waals surface area contributed by atoms with Gasteiger partial charge in [0.2, 0.25) is 0 Å². The quantitative estimate of drug-likeness (QED) is 0.533. The van der Waals surface area contributed by atoms with Gasteiger partial charge < -0.3 is 5.85 Å². The third kappa shape index (κ3) is 4.37. The molecule has 0 N–H and O–H groups in total. The summed E-state index contributed by atoms with van der Waals surface area (Å²) in [5.41, 5.74) is 0. The Kier molecular flexibility index (Phi) is 6.13. The van der Waals surface area contributed by atoms with Gasteiger partial charge in [-0.05, 0) is 25.1 Å². The summed E-state index contributed by atoms with van der Waals surface area (Å²) in [4.78, 5) is 0. The van der Waals surface area contributed by atoms with Gasteiger partial charge in [-0.2, -0.15) is 0 Å². The van der Waals surface area contributed by atoms with E-state index in [-0.39, 0.29) is 20.3 Å². The van der Waals surface area contributed by atoms with E-state index in [9.17, 15) is 0 Å².